The van der Waals surface area contributed by atoms with Crippen molar-refractivity contribution in [3.8, 4) is 0 Å². The van der Waals surface area contributed by atoms with Crippen molar-refractivity contribution in [3.63, 3.8) is 0 Å². The number of benzene rings is 2. The molecule has 3 aromatic rings. The Morgan fingerprint density at radius 2 is 1.88 bits per heavy atom. The molecule has 2 aromatic carbocycles. The molecule has 1 amide bonds. The van der Waals surface area contributed by atoms with E-state index in [-0.39, 0.29) is 5.91 Å². The Balaban J connectivity index is 1.71. The van der Waals surface area contributed by atoms with E-state index in [0.29, 0.717) is 23.1 Å². The van der Waals surface area contributed by atoms with Crippen molar-refractivity contribution < 1.29 is 4.79 Å². The van der Waals surface area contributed by atoms with Gasteiger partial charge < -0.3 is 10.6 Å². The van der Waals surface area contributed by atoms with Crippen LogP contribution in [-0.2, 0) is 6.54 Å². The maximum Gasteiger partial charge on any atom is 0.274 e. The van der Waals surface area contributed by atoms with Crippen LogP contribution in [0.15, 0.2) is 54.9 Å². The van der Waals surface area contributed by atoms with Gasteiger partial charge in [0.15, 0.2) is 0 Å². The number of carbonyl (C=O) groups excluding carboxylic acids is 1. The third-order valence-electron chi connectivity index (χ3n) is 4.17. The summed E-state index contributed by atoms with van der Waals surface area (Å²) in [6, 6.07) is 15.0. The molecule has 2 N–H and O–H groups in total. The van der Waals surface area contributed by atoms with E-state index in [1.54, 1.807) is 6.07 Å². The van der Waals surface area contributed by atoms with Crippen LogP contribution in [0.1, 0.15) is 27.2 Å². The predicted octanol–water partition coefficient (Wildman–Crippen LogP) is 4.61. The predicted molar refractivity (Wildman–Crippen MR) is 105 cm³/mol. The molecule has 3 rings (SSSR count). The van der Waals surface area contributed by atoms with E-state index < -0.39 is 0 Å². The molecule has 26 heavy (non-hydrogen) atoms. The zero-order chi connectivity index (χ0) is 18.5. The minimum Gasteiger partial charge on any atom is -0.366 e. The number of rotatable bonds is 5. The summed E-state index contributed by atoms with van der Waals surface area (Å²) in [4.78, 5) is 20.7. The standard InChI is InChI=1S/C20H19ClN4O/c1-13-6-5-9-17(14(13)2)25-20(26)18-10-19(24-12-23-18)22-11-15-7-3-4-8-16(15)21/h3-10,12H,11H2,1-2H3,(H,25,26)(H,22,23,24). The summed E-state index contributed by atoms with van der Waals surface area (Å²) in [7, 11) is 0. The first kappa shape index (κ1) is 17.9. The third-order valence-corrected chi connectivity index (χ3v) is 4.54. The molecule has 0 bridgehead atoms. The van der Waals surface area contributed by atoms with E-state index >= 15 is 0 Å². The molecule has 0 atom stereocenters. The van der Waals surface area contributed by atoms with Crippen molar-refractivity contribution in [1.82, 2.24) is 9.97 Å². The summed E-state index contributed by atoms with van der Waals surface area (Å²) >= 11 is 6.15. The van der Waals surface area contributed by atoms with Crippen LogP contribution in [0.4, 0.5) is 11.5 Å². The molecule has 0 fully saturated rings. The normalized spacial score (nSPS) is 10.4. The van der Waals surface area contributed by atoms with Crippen molar-refractivity contribution in [2.45, 2.75) is 20.4 Å². The molecular formula is C20H19ClN4O. The summed E-state index contributed by atoms with van der Waals surface area (Å²) < 4.78 is 0. The molecule has 0 unspecified atom stereocenters. The van der Waals surface area contributed by atoms with Gasteiger partial charge in [-0.2, -0.15) is 0 Å². The Hall–Kier alpha value is -2.92. The number of halogens is 1. The number of aryl methyl sites for hydroxylation is 1. The monoisotopic (exact) mass is 366 g/mol. The van der Waals surface area contributed by atoms with Gasteiger partial charge in [-0.25, -0.2) is 9.97 Å². The molecule has 5 nitrogen and oxygen atoms in total. The van der Waals surface area contributed by atoms with E-state index in [1.165, 1.54) is 6.33 Å². The number of nitrogens with zero attached hydrogens (tertiary/aromatic N) is 2. The van der Waals surface area contributed by atoms with Gasteiger partial charge in [0.1, 0.15) is 17.8 Å². The summed E-state index contributed by atoms with van der Waals surface area (Å²) in [6.45, 7) is 4.49. The van der Waals surface area contributed by atoms with Crippen LogP contribution in [0.3, 0.4) is 0 Å². The number of anilines is 2. The molecule has 1 heterocycles. The van der Waals surface area contributed by atoms with Crippen molar-refractivity contribution in [2.24, 2.45) is 0 Å². The van der Waals surface area contributed by atoms with Crippen LogP contribution < -0.4 is 10.6 Å². The third kappa shape index (κ3) is 4.18. The van der Waals surface area contributed by atoms with Gasteiger partial charge >= 0.3 is 0 Å². The molecule has 0 aliphatic heterocycles. The number of hydrogen-bond donors (Lipinski definition) is 2. The van der Waals surface area contributed by atoms with Gasteiger partial charge in [-0.05, 0) is 42.7 Å². The first-order chi connectivity index (χ1) is 12.5. The molecule has 0 aliphatic carbocycles. The maximum atomic E-state index is 12.5. The van der Waals surface area contributed by atoms with Gasteiger partial charge in [0.05, 0.1) is 0 Å². The first-order valence-corrected chi connectivity index (χ1v) is 8.59. The molecule has 0 saturated carbocycles. The minimum atomic E-state index is -0.276. The van der Waals surface area contributed by atoms with Gasteiger partial charge in [0, 0.05) is 23.3 Å². The number of aromatic nitrogens is 2. The van der Waals surface area contributed by atoms with Crippen molar-refractivity contribution in [1.29, 1.82) is 0 Å². The highest BCUT2D eigenvalue weighted by Crippen LogP contribution is 2.19. The van der Waals surface area contributed by atoms with Gasteiger partial charge in [-0.3, -0.25) is 4.79 Å². The van der Waals surface area contributed by atoms with Gasteiger partial charge in [-0.1, -0.05) is 41.9 Å². The zero-order valence-electron chi connectivity index (χ0n) is 14.6. The Kier molecular flexibility index (Phi) is 5.49. The fourth-order valence-corrected chi connectivity index (χ4v) is 2.68. The molecule has 0 aliphatic rings. The molecule has 132 valence electrons. The highest BCUT2D eigenvalue weighted by molar-refractivity contribution is 6.31. The Morgan fingerprint density at radius 1 is 1.08 bits per heavy atom. The summed E-state index contributed by atoms with van der Waals surface area (Å²) in [5.74, 6) is 0.285. The van der Waals surface area contributed by atoms with E-state index in [9.17, 15) is 4.79 Å². The van der Waals surface area contributed by atoms with Crippen LogP contribution >= 0.6 is 11.6 Å². The van der Waals surface area contributed by atoms with E-state index in [0.717, 1.165) is 22.4 Å². The summed E-state index contributed by atoms with van der Waals surface area (Å²) in [5.41, 5.74) is 4.18. The van der Waals surface area contributed by atoms with Crippen LogP contribution in [0.25, 0.3) is 0 Å². The fraction of sp³-hybridized carbons (Fsp3) is 0.150. The fourth-order valence-electron chi connectivity index (χ4n) is 2.48. The zero-order valence-corrected chi connectivity index (χ0v) is 15.3. The largest absolute Gasteiger partial charge is 0.366 e. The summed E-state index contributed by atoms with van der Waals surface area (Å²) in [6.07, 6.45) is 1.37. The van der Waals surface area contributed by atoms with Crippen LogP contribution in [0.5, 0.6) is 0 Å². The second kappa shape index (κ2) is 7.97. The van der Waals surface area contributed by atoms with Gasteiger partial charge in [0.25, 0.3) is 5.91 Å². The average Bonchev–Trinajstić information content (AvgIpc) is 2.65. The summed E-state index contributed by atoms with van der Waals surface area (Å²) in [5, 5.41) is 6.75. The first-order valence-electron chi connectivity index (χ1n) is 8.21. The lowest BCUT2D eigenvalue weighted by Gasteiger charge is -2.11. The maximum absolute atomic E-state index is 12.5. The van der Waals surface area contributed by atoms with Crippen LogP contribution in [0.2, 0.25) is 5.02 Å². The molecule has 1 aromatic heterocycles. The lowest BCUT2D eigenvalue weighted by molar-refractivity contribution is 0.102. The van der Waals surface area contributed by atoms with Crippen molar-refractivity contribution in [3.05, 3.63) is 82.3 Å². The number of hydrogen-bond acceptors (Lipinski definition) is 4. The van der Waals surface area contributed by atoms with E-state index in [4.69, 9.17) is 11.6 Å². The number of carbonyl (C=O) groups is 1. The van der Waals surface area contributed by atoms with Crippen LogP contribution in [0, 0.1) is 13.8 Å². The average molecular weight is 367 g/mol. The Bertz CT molecular complexity index is 943. The van der Waals surface area contributed by atoms with Gasteiger partial charge in [-0.15, -0.1) is 0 Å². The SMILES string of the molecule is Cc1cccc(NC(=O)c2cc(NCc3ccccc3Cl)ncn2)c1C. The molecule has 6 heteroatoms. The second-order valence-electron chi connectivity index (χ2n) is 5.94. The minimum absolute atomic E-state index is 0.276. The Morgan fingerprint density at radius 3 is 2.69 bits per heavy atom. The van der Waals surface area contributed by atoms with Crippen LogP contribution in [-0.4, -0.2) is 15.9 Å². The quantitative estimate of drug-likeness (QED) is 0.691. The molecule has 0 radical (unpaired) electrons. The highest BCUT2D eigenvalue weighted by atomic mass is 35.5. The van der Waals surface area contributed by atoms with Gasteiger partial charge in [0.2, 0.25) is 0 Å². The smallest absolute Gasteiger partial charge is 0.274 e. The number of amides is 1. The van der Waals surface area contributed by atoms with E-state index in [2.05, 4.69) is 20.6 Å². The van der Waals surface area contributed by atoms with Crippen molar-refractivity contribution in [2.75, 3.05) is 10.6 Å². The second-order valence-corrected chi connectivity index (χ2v) is 6.34. The topological polar surface area (TPSA) is 66.9 Å². The molecule has 0 spiro atoms. The molecule has 0 saturated heterocycles. The highest BCUT2D eigenvalue weighted by Gasteiger charge is 2.11. The lowest BCUT2D eigenvalue weighted by Crippen LogP contribution is -2.15. The van der Waals surface area contributed by atoms with E-state index in [1.807, 2.05) is 56.3 Å². The Labute approximate surface area is 157 Å². The molecular weight excluding hydrogens is 348 g/mol. The number of nitrogens with one attached hydrogen (secondary N) is 2. The lowest BCUT2D eigenvalue weighted by atomic mass is 10.1. The van der Waals surface area contributed by atoms with Crippen molar-refractivity contribution >= 4 is 29.0 Å².